The minimum atomic E-state index is -3.48. The first-order chi connectivity index (χ1) is 9.80. The number of methoxy groups -OCH3 is 1. The minimum Gasteiger partial charge on any atom is -0.381 e. The van der Waals surface area contributed by atoms with Gasteiger partial charge in [-0.2, -0.15) is 0 Å². The summed E-state index contributed by atoms with van der Waals surface area (Å²) in [6.07, 6.45) is -0.388. The molecule has 0 saturated carbocycles. The van der Waals surface area contributed by atoms with Crippen molar-refractivity contribution in [1.82, 2.24) is 4.98 Å². The van der Waals surface area contributed by atoms with E-state index in [1.54, 1.807) is 25.1 Å². The van der Waals surface area contributed by atoms with E-state index in [0.717, 1.165) is 10.9 Å². The van der Waals surface area contributed by atoms with E-state index >= 15 is 0 Å². The van der Waals surface area contributed by atoms with Crippen molar-refractivity contribution in [2.24, 2.45) is 0 Å². The molecule has 0 amide bonds. The van der Waals surface area contributed by atoms with Crippen molar-refractivity contribution in [1.29, 1.82) is 0 Å². The zero-order chi connectivity index (χ0) is 15.6. The van der Waals surface area contributed by atoms with Crippen LogP contribution in [0.25, 0.3) is 10.9 Å². The van der Waals surface area contributed by atoms with Crippen molar-refractivity contribution in [3.05, 3.63) is 40.2 Å². The van der Waals surface area contributed by atoms with E-state index in [1.807, 2.05) is 6.92 Å². The largest absolute Gasteiger partial charge is 0.381 e. The molecule has 0 fully saturated rings. The van der Waals surface area contributed by atoms with Crippen LogP contribution in [0.2, 0.25) is 0 Å². The summed E-state index contributed by atoms with van der Waals surface area (Å²) in [5, 5.41) is 0.801. The summed E-state index contributed by atoms with van der Waals surface area (Å²) < 4.78 is 31.5. The van der Waals surface area contributed by atoms with Gasteiger partial charge < -0.3 is 9.72 Å². The summed E-state index contributed by atoms with van der Waals surface area (Å²) in [7, 11) is -2.01. The van der Waals surface area contributed by atoms with Gasteiger partial charge in [-0.1, -0.05) is 0 Å². The first-order valence-corrected chi connectivity index (χ1v) is 8.13. The number of fused-ring (bicyclic) bond motifs is 1. The smallest absolute Gasteiger partial charge is 0.248 e. The SMILES string of the molecule is COC(C)CS(=O)(=O)Nc1ccc2[nH]c(=O)cc(C)c2c1. The number of hydrogen-bond acceptors (Lipinski definition) is 4. The van der Waals surface area contributed by atoms with Crippen LogP contribution in [0.3, 0.4) is 0 Å². The Morgan fingerprint density at radius 1 is 1.33 bits per heavy atom. The lowest BCUT2D eigenvalue weighted by Gasteiger charge is -2.13. The van der Waals surface area contributed by atoms with E-state index in [9.17, 15) is 13.2 Å². The van der Waals surface area contributed by atoms with Gasteiger partial charge >= 0.3 is 0 Å². The number of sulfonamides is 1. The van der Waals surface area contributed by atoms with Crippen molar-refractivity contribution < 1.29 is 13.2 Å². The summed E-state index contributed by atoms with van der Waals surface area (Å²) in [6.45, 7) is 3.50. The molecule has 2 aromatic rings. The van der Waals surface area contributed by atoms with Crippen molar-refractivity contribution in [3.8, 4) is 0 Å². The first-order valence-electron chi connectivity index (χ1n) is 6.48. The third-order valence-corrected chi connectivity index (χ3v) is 4.63. The van der Waals surface area contributed by atoms with Crippen LogP contribution in [-0.4, -0.2) is 32.4 Å². The number of H-pyrrole nitrogens is 1. The van der Waals surface area contributed by atoms with Gasteiger partial charge in [0.25, 0.3) is 0 Å². The van der Waals surface area contributed by atoms with Crippen molar-refractivity contribution >= 4 is 26.6 Å². The highest BCUT2D eigenvalue weighted by molar-refractivity contribution is 7.92. The van der Waals surface area contributed by atoms with Crippen LogP contribution in [0.15, 0.2) is 29.1 Å². The van der Waals surface area contributed by atoms with Crippen LogP contribution in [-0.2, 0) is 14.8 Å². The molecule has 1 unspecified atom stereocenters. The van der Waals surface area contributed by atoms with Crippen molar-refractivity contribution in [2.75, 3.05) is 17.6 Å². The number of pyridine rings is 1. The van der Waals surface area contributed by atoms with Crippen LogP contribution < -0.4 is 10.3 Å². The standard InChI is InChI=1S/C14H18N2O4S/c1-9-6-14(17)15-13-5-4-11(7-12(9)13)16-21(18,19)8-10(2)20-3/h4-7,10,16H,8H2,1-3H3,(H,15,17). The molecule has 1 atom stereocenters. The summed E-state index contributed by atoms with van der Waals surface area (Å²) in [5.41, 5.74) is 1.75. The number of anilines is 1. The van der Waals surface area contributed by atoms with E-state index in [1.165, 1.54) is 13.2 Å². The van der Waals surface area contributed by atoms with Crippen molar-refractivity contribution in [2.45, 2.75) is 20.0 Å². The number of hydrogen-bond donors (Lipinski definition) is 2. The number of nitrogens with one attached hydrogen (secondary N) is 2. The molecule has 0 radical (unpaired) electrons. The quantitative estimate of drug-likeness (QED) is 0.878. The highest BCUT2D eigenvalue weighted by atomic mass is 32.2. The average Bonchev–Trinajstić information content (AvgIpc) is 2.38. The van der Waals surface area contributed by atoms with Crippen LogP contribution in [0.5, 0.6) is 0 Å². The number of rotatable bonds is 5. The molecule has 2 N–H and O–H groups in total. The van der Waals surface area contributed by atoms with Crippen LogP contribution >= 0.6 is 0 Å². The third kappa shape index (κ3) is 3.83. The molecule has 114 valence electrons. The second-order valence-corrected chi connectivity index (χ2v) is 6.77. The van der Waals surface area contributed by atoms with Gasteiger partial charge in [-0.15, -0.1) is 0 Å². The number of aryl methyl sites for hydroxylation is 1. The fourth-order valence-corrected chi connectivity index (χ4v) is 3.41. The highest BCUT2D eigenvalue weighted by Gasteiger charge is 2.15. The summed E-state index contributed by atoms with van der Waals surface area (Å²) in [4.78, 5) is 14.1. The zero-order valence-corrected chi connectivity index (χ0v) is 13.0. The van der Waals surface area contributed by atoms with Gasteiger partial charge in [-0.3, -0.25) is 9.52 Å². The summed E-state index contributed by atoms with van der Waals surface area (Å²) in [6, 6.07) is 6.48. The molecule has 1 aromatic carbocycles. The van der Waals surface area contributed by atoms with E-state index < -0.39 is 10.0 Å². The molecule has 21 heavy (non-hydrogen) atoms. The van der Waals surface area contributed by atoms with Gasteiger partial charge in [0.15, 0.2) is 0 Å². The lowest BCUT2D eigenvalue weighted by atomic mass is 10.1. The Kier molecular flexibility index (Phi) is 4.34. The minimum absolute atomic E-state index is 0.119. The Hall–Kier alpha value is -1.86. The molecule has 0 bridgehead atoms. The lowest BCUT2D eigenvalue weighted by Crippen LogP contribution is -2.25. The second-order valence-electron chi connectivity index (χ2n) is 5.01. The normalized spacial score (nSPS) is 13.3. The maximum atomic E-state index is 12.0. The van der Waals surface area contributed by atoms with Gasteiger partial charge in [-0.25, -0.2) is 8.42 Å². The molecule has 0 aliphatic carbocycles. The molecule has 1 aromatic heterocycles. The predicted octanol–water partition coefficient (Wildman–Crippen LogP) is 1.61. The Bertz CT molecular complexity index is 811. The number of ether oxygens (including phenoxy) is 1. The van der Waals surface area contributed by atoms with Crippen LogP contribution in [0.4, 0.5) is 5.69 Å². The highest BCUT2D eigenvalue weighted by Crippen LogP contribution is 2.20. The van der Waals surface area contributed by atoms with E-state index in [-0.39, 0.29) is 17.4 Å². The van der Waals surface area contributed by atoms with E-state index in [2.05, 4.69) is 9.71 Å². The molecule has 0 saturated heterocycles. The lowest BCUT2D eigenvalue weighted by molar-refractivity contribution is 0.136. The molecule has 2 rings (SSSR count). The maximum absolute atomic E-state index is 12.0. The maximum Gasteiger partial charge on any atom is 0.248 e. The van der Waals surface area contributed by atoms with E-state index in [0.29, 0.717) is 11.2 Å². The molecule has 0 spiro atoms. The van der Waals surface area contributed by atoms with Gasteiger partial charge in [0.2, 0.25) is 15.6 Å². The van der Waals surface area contributed by atoms with Crippen LogP contribution in [0, 0.1) is 6.92 Å². The summed E-state index contributed by atoms with van der Waals surface area (Å²) >= 11 is 0. The molecule has 0 aliphatic rings. The zero-order valence-electron chi connectivity index (χ0n) is 12.1. The second kappa shape index (κ2) is 5.87. The number of aromatic nitrogens is 1. The van der Waals surface area contributed by atoms with E-state index in [4.69, 9.17) is 4.74 Å². The Balaban J connectivity index is 2.34. The van der Waals surface area contributed by atoms with Gasteiger partial charge in [0.05, 0.1) is 11.9 Å². The Labute approximate surface area is 123 Å². The Morgan fingerprint density at radius 2 is 2.05 bits per heavy atom. The molecular formula is C14H18N2O4S. The molecule has 6 nitrogen and oxygen atoms in total. The third-order valence-electron chi connectivity index (χ3n) is 3.18. The topological polar surface area (TPSA) is 88.3 Å². The van der Waals surface area contributed by atoms with Crippen LogP contribution in [0.1, 0.15) is 12.5 Å². The summed E-state index contributed by atoms with van der Waals surface area (Å²) in [5.74, 6) is -0.119. The average molecular weight is 310 g/mol. The molecule has 7 heteroatoms. The molecular weight excluding hydrogens is 292 g/mol. The monoisotopic (exact) mass is 310 g/mol. The van der Waals surface area contributed by atoms with Gasteiger partial charge in [-0.05, 0) is 37.6 Å². The number of benzene rings is 1. The van der Waals surface area contributed by atoms with Gasteiger partial charge in [0.1, 0.15) is 0 Å². The Morgan fingerprint density at radius 3 is 2.71 bits per heavy atom. The fourth-order valence-electron chi connectivity index (χ4n) is 2.08. The predicted molar refractivity (Wildman–Crippen MR) is 83.2 cm³/mol. The number of aromatic amines is 1. The molecule has 0 aliphatic heterocycles. The first kappa shape index (κ1) is 15.5. The van der Waals surface area contributed by atoms with Gasteiger partial charge in [0, 0.05) is 29.8 Å². The fraction of sp³-hybridized carbons (Fsp3) is 0.357. The molecule has 1 heterocycles. The van der Waals surface area contributed by atoms with Crippen molar-refractivity contribution in [3.63, 3.8) is 0 Å².